The van der Waals surface area contributed by atoms with E-state index in [1.165, 1.54) is 0 Å². The van der Waals surface area contributed by atoms with Crippen LogP contribution in [-0.2, 0) is 23.9 Å². The Morgan fingerprint density at radius 2 is 2.00 bits per heavy atom. The first-order valence-corrected chi connectivity index (χ1v) is 13.5. The Bertz CT molecular complexity index is 1520. The smallest absolute Gasteiger partial charge is 0.273 e. The molecular weight excluding hydrogens is 508 g/mol. The zero-order valence-corrected chi connectivity index (χ0v) is 23.2. The van der Waals surface area contributed by atoms with Gasteiger partial charge in [-0.3, -0.25) is 14.4 Å². The lowest BCUT2D eigenvalue weighted by atomic mass is 9.96. The number of rotatable bonds is 6. The minimum atomic E-state index is -0.253. The topological polar surface area (TPSA) is 128 Å². The van der Waals surface area contributed by atoms with Crippen molar-refractivity contribution >= 4 is 17.5 Å². The van der Waals surface area contributed by atoms with E-state index in [1.54, 1.807) is 28.0 Å². The molecule has 5 heterocycles. The number of carbonyl (C=O) groups excluding carboxylic acids is 1. The molecular formula is C28H34N10O2. The molecule has 0 saturated carbocycles. The molecule has 0 bridgehead atoms. The van der Waals surface area contributed by atoms with Gasteiger partial charge in [0.25, 0.3) is 5.91 Å². The SMILES string of the molecule is Cn1cc(Nc2nccc(-c3ccc4c(c3)CN(C3COC3)CC[C@@H]4NC(=O)c3cn(C(C)(C)C)nn3)n2)cn1. The van der Waals surface area contributed by atoms with Gasteiger partial charge in [-0.2, -0.15) is 5.10 Å². The monoisotopic (exact) mass is 542 g/mol. The van der Waals surface area contributed by atoms with E-state index in [9.17, 15) is 4.79 Å². The number of benzene rings is 1. The minimum Gasteiger partial charge on any atom is -0.378 e. The molecule has 3 aromatic heterocycles. The van der Waals surface area contributed by atoms with E-state index in [0.29, 0.717) is 17.7 Å². The van der Waals surface area contributed by atoms with E-state index in [-0.39, 0.29) is 17.5 Å². The average molecular weight is 543 g/mol. The molecule has 2 aliphatic heterocycles. The van der Waals surface area contributed by atoms with Gasteiger partial charge in [-0.25, -0.2) is 14.6 Å². The van der Waals surface area contributed by atoms with E-state index < -0.39 is 0 Å². The second-order valence-electron chi connectivity index (χ2n) is 11.4. The third-order valence-electron chi connectivity index (χ3n) is 7.36. The van der Waals surface area contributed by atoms with Gasteiger partial charge in [-0.1, -0.05) is 17.3 Å². The normalized spacial score (nSPS) is 18.1. The maximum atomic E-state index is 13.2. The summed E-state index contributed by atoms with van der Waals surface area (Å²) in [5.74, 6) is 0.278. The Hall–Kier alpha value is -4.16. The second kappa shape index (κ2) is 10.4. The van der Waals surface area contributed by atoms with Crippen LogP contribution in [0.25, 0.3) is 11.3 Å². The third kappa shape index (κ3) is 5.45. The molecule has 40 heavy (non-hydrogen) atoms. The summed E-state index contributed by atoms with van der Waals surface area (Å²) in [4.78, 5) is 24.8. The number of amides is 1. The summed E-state index contributed by atoms with van der Waals surface area (Å²) >= 11 is 0. The summed E-state index contributed by atoms with van der Waals surface area (Å²) in [6, 6.07) is 8.48. The molecule has 0 unspecified atom stereocenters. The number of hydrogen-bond donors (Lipinski definition) is 2. The summed E-state index contributed by atoms with van der Waals surface area (Å²) in [5, 5.41) is 18.9. The second-order valence-corrected chi connectivity index (χ2v) is 11.4. The van der Waals surface area contributed by atoms with Gasteiger partial charge in [-0.15, -0.1) is 5.10 Å². The van der Waals surface area contributed by atoms with Crippen LogP contribution in [0, 0.1) is 0 Å². The number of aromatic nitrogens is 7. The van der Waals surface area contributed by atoms with Crippen molar-refractivity contribution < 1.29 is 9.53 Å². The first-order chi connectivity index (χ1) is 19.2. The van der Waals surface area contributed by atoms with Crippen molar-refractivity contribution in [3.63, 3.8) is 0 Å². The highest BCUT2D eigenvalue weighted by Crippen LogP contribution is 2.32. The van der Waals surface area contributed by atoms with Crippen molar-refractivity contribution in [3.8, 4) is 11.3 Å². The number of nitrogens with zero attached hydrogens (tertiary/aromatic N) is 8. The number of nitrogens with one attached hydrogen (secondary N) is 2. The summed E-state index contributed by atoms with van der Waals surface area (Å²) in [7, 11) is 1.86. The molecule has 1 aromatic carbocycles. The van der Waals surface area contributed by atoms with Crippen molar-refractivity contribution in [3.05, 3.63) is 65.9 Å². The predicted molar refractivity (Wildman–Crippen MR) is 149 cm³/mol. The molecule has 1 fully saturated rings. The number of fused-ring (bicyclic) bond motifs is 1. The lowest BCUT2D eigenvalue weighted by Gasteiger charge is -2.36. The highest BCUT2D eigenvalue weighted by molar-refractivity contribution is 5.92. The van der Waals surface area contributed by atoms with Crippen molar-refractivity contribution in [2.45, 2.75) is 51.4 Å². The van der Waals surface area contributed by atoms with E-state index in [1.807, 2.05) is 40.1 Å². The first-order valence-electron chi connectivity index (χ1n) is 13.5. The van der Waals surface area contributed by atoms with Crippen molar-refractivity contribution in [2.24, 2.45) is 7.05 Å². The lowest BCUT2D eigenvalue weighted by Crippen LogP contribution is -2.48. The molecule has 12 heteroatoms. The molecule has 0 aliphatic carbocycles. The first kappa shape index (κ1) is 26.1. The summed E-state index contributed by atoms with van der Waals surface area (Å²) in [6.45, 7) is 9.17. The van der Waals surface area contributed by atoms with Crippen LogP contribution in [0.2, 0.25) is 0 Å². The van der Waals surface area contributed by atoms with Crippen LogP contribution in [0.15, 0.2) is 49.1 Å². The van der Waals surface area contributed by atoms with Crippen molar-refractivity contribution in [1.29, 1.82) is 0 Å². The van der Waals surface area contributed by atoms with E-state index in [2.05, 4.69) is 54.1 Å². The fraction of sp³-hybridized carbons (Fsp3) is 0.429. The van der Waals surface area contributed by atoms with Crippen LogP contribution in [-0.4, -0.2) is 71.3 Å². The quantitative estimate of drug-likeness (QED) is 0.378. The number of aryl methyl sites for hydroxylation is 1. The number of carbonyl (C=O) groups is 1. The van der Waals surface area contributed by atoms with Gasteiger partial charge >= 0.3 is 0 Å². The predicted octanol–water partition coefficient (Wildman–Crippen LogP) is 3.04. The molecule has 0 spiro atoms. The van der Waals surface area contributed by atoms with Gasteiger partial charge in [0.2, 0.25) is 5.95 Å². The Morgan fingerprint density at radius 1 is 1.15 bits per heavy atom. The maximum absolute atomic E-state index is 13.2. The van der Waals surface area contributed by atoms with Gasteiger partial charge in [0.05, 0.1) is 54.6 Å². The van der Waals surface area contributed by atoms with Crippen molar-refractivity contribution in [1.82, 2.24) is 45.0 Å². The number of hydrogen-bond acceptors (Lipinski definition) is 9. The van der Waals surface area contributed by atoms with Gasteiger partial charge in [0.15, 0.2) is 5.69 Å². The standard InChI is InChI=1S/C28H34N10O2/c1-28(2,3)38-15-25(34-35-38)26(39)32-24-8-10-37(21-16-40-17-21)13-19-11-18(5-6-22(19)24)23-7-9-29-27(33-23)31-20-12-30-36(4)14-20/h5-7,9,11-12,14-15,21,24H,8,10,13,16-17H2,1-4H3,(H,32,39)(H,29,31,33)/t24-/m0/s1. The molecule has 1 atom stereocenters. The Balaban J connectivity index is 1.28. The van der Waals surface area contributed by atoms with Crippen LogP contribution in [0.4, 0.5) is 11.6 Å². The molecule has 208 valence electrons. The molecule has 2 N–H and O–H groups in total. The zero-order valence-electron chi connectivity index (χ0n) is 23.2. The largest absolute Gasteiger partial charge is 0.378 e. The highest BCUT2D eigenvalue weighted by atomic mass is 16.5. The van der Waals surface area contributed by atoms with Gasteiger partial charge < -0.3 is 15.4 Å². The van der Waals surface area contributed by atoms with Crippen LogP contribution in [0.1, 0.15) is 54.8 Å². The molecule has 1 saturated heterocycles. The third-order valence-corrected chi connectivity index (χ3v) is 7.36. The molecule has 0 radical (unpaired) electrons. The molecule has 4 aromatic rings. The average Bonchev–Trinajstić information content (AvgIpc) is 3.51. The Labute approximate surface area is 232 Å². The summed E-state index contributed by atoms with van der Waals surface area (Å²) < 4.78 is 8.93. The maximum Gasteiger partial charge on any atom is 0.273 e. The number of anilines is 2. The highest BCUT2D eigenvalue weighted by Gasteiger charge is 2.32. The van der Waals surface area contributed by atoms with Gasteiger partial charge in [0, 0.05) is 38.1 Å². The minimum absolute atomic E-state index is 0.157. The van der Waals surface area contributed by atoms with E-state index in [4.69, 9.17) is 9.72 Å². The molecule has 12 nitrogen and oxygen atoms in total. The zero-order chi connectivity index (χ0) is 27.9. The lowest BCUT2D eigenvalue weighted by molar-refractivity contribution is -0.0678. The molecule has 1 amide bonds. The van der Waals surface area contributed by atoms with E-state index in [0.717, 1.165) is 60.8 Å². The summed E-state index contributed by atoms with van der Waals surface area (Å²) in [6.07, 6.45) is 7.85. The van der Waals surface area contributed by atoms with Crippen LogP contribution >= 0.6 is 0 Å². The van der Waals surface area contributed by atoms with E-state index >= 15 is 0 Å². The van der Waals surface area contributed by atoms with Crippen LogP contribution in [0.3, 0.4) is 0 Å². The fourth-order valence-electron chi connectivity index (χ4n) is 5.01. The van der Waals surface area contributed by atoms with Crippen LogP contribution in [0.5, 0.6) is 0 Å². The number of ether oxygens (including phenoxy) is 1. The molecule has 2 aliphatic rings. The Morgan fingerprint density at radius 3 is 2.70 bits per heavy atom. The van der Waals surface area contributed by atoms with Gasteiger partial charge in [0.1, 0.15) is 0 Å². The van der Waals surface area contributed by atoms with Gasteiger partial charge in [-0.05, 0) is 50.5 Å². The Kier molecular flexibility index (Phi) is 6.80. The van der Waals surface area contributed by atoms with Crippen molar-refractivity contribution in [2.75, 3.05) is 25.1 Å². The fourth-order valence-corrected chi connectivity index (χ4v) is 5.01. The van der Waals surface area contributed by atoms with Crippen LogP contribution < -0.4 is 10.6 Å². The summed E-state index contributed by atoms with van der Waals surface area (Å²) in [5.41, 5.74) is 4.94. The molecule has 6 rings (SSSR count).